The fraction of sp³-hybridized carbons (Fsp3) is 0.296. The quantitative estimate of drug-likeness (QED) is 0.477. The van der Waals surface area contributed by atoms with E-state index < -0.39 is 0 Å². The molecule has 0 bridgehead atoms. The number of carbonyl (C=O) groups excluding carboxylic acids is 1. The number of rotatable bonds is 7. The lowest BCUT2D eigenvalue weighted by atomic mass is 10.1. The minimum absolute atomic E-state index is 0.119. The molecule has 5 rings (SSSR count). The molecule has 3 aromatic carbocycles. The fourth-order valence-corrected chi connectivity index (χ4v) is 4.32. The second-order valence-corrected chi connectivity index (χ2v) is 8.41. The van der Waals surface area contributed by atoms with Crippen molar-refractivity contribution in [2.24, 2.45) is 0 Å². The molecule has 164 valence electrons. The molecule has 32 heavy (non-hydrogen) atoms. The summed E-state index contributed by atoms with van der Waals surface area (Å²) in [6, 6.07) is 18.3. The number of ether oxygens (including phenoxy) is 2. The van der Waals surface area contributed by atoms with Crippen LogP contribution in [-0.2, 0) is 6.42 Å². The van der Waals surface area contributed by atoms with Crippen LogP contribution in [0.2, 0.25) is 0 Å². The van der Waals surface area contributed by atoms with Crippen LogP contribution < -0.4 is 14.8 Å². The van der Waals surface area contributed by atoms with Crippen molar-refractivity contribution in [3.05, 3.63) is 88.7 Å². The van der Waals surface area contributed by atoms with Gasteiger partial charge < -0.3 is 14.8 Å². The number of hydrogen-bond acceptors (Lipinski definition) is 3. The van der Waals surface area contributed by atoms with Crippen molar-refractivity contribution in [1.29, 1.82) is 0 Å². The first-order chi connectivity index (χ1) is 15.6. The van der Waals surface area contributed by atoms with Crippen LogP contribution in [0, 0.1) is 5.82 Å². The topological polar surface area (TPSA) is 47.6 Å². The number of carbonyl (C=O) groups is 1. The van der Waals surface area contributed by atoms with Crippen molar-refractivity contribution in [2.45, 2.75) is 44.6 Å². The number of nitrogens with one attached hydrogen (secondary N) is 1. The lowest BCUT2D eigenvalue weighted by molar-refractivity contribution is 0.0956. The van der Waals surface area contributed by atoms with Crippen molar-refractivity contribution in [1.82, 2.24) is 5.32 Å². The first-order valence-corrected chi connectivity index (χ1v) is 11.3. The van der Waals surface area contributed by atoms with Crippen LogP contribution in [0.4, 0.5) is 4.39 Å². The number of fused-ring (bicyclic) bond motifs is 1. The predicted molar refractivity (Wildman–Crippen MR) is 121 cm³/mol. The summed E-state index contributed by atoms with van der Waals surface area (Å²) in [4.78, 5) is 11.9. The van der Waals surface area contributed by atoms with E-state index in [1.165, 1.54) is 24.5 Å². The highest BCUT2D eigenvalue weighted by Crippen LogP contribution is 2.43. The molecule has 0 radical (unpaired) electrons. The molecule has 1 unspecified atom stereocenters. The first-order valence-electron chi connectivity index (χ1n) is 11.3. The van der Waals surface area contributed by atoms with Crippen LogP contribution >= 0.6 is 0 Å². The van der Waals surface area contributed by atoms with E-state index in [2.05, 4.69) is 17.4 Å². The second-order valence-electron chi connectivity index (χ2n) is 8.41. The van der Waals surface area contributed by atoms with E-state index in [1.54, 1.807) is 30.3 Å². The molecule has 1 N–H and O–H groups in total. The van der Waals surface area contributed by atoms with Crippen molar-refractivity contribution in [3.8, 4) is 17.2 Å². The lowest BCUT2D eigenvalue weighted by Gasteiger charge is -2.17. The van der Waals surface area contributed by atoms with E-state index >= 15 is 0 Å². The average Bonchev–Trinajstić information content (AvgIpc) is 3.57. The maximum Gasteiger partial charge on any atom is 0.251 e. The Morgan fingerprint density at radius 1 is 0.969 bits per heavy atom. The minimum atomic E-state index is -0.333. The van der Waals surface area contributed by atoms with Gasteiger partial charge in [0.15, 0.2) is 0 Å². The highest BCUT2D eigenvalue weighted by atomic mass is 19.1. The molecule has 0 saturated heterocycles. The summed E-state index contributed by atoms with van der Waals surface area (Å²) >= 11 is 0. The molecule has 0 aliphatic heterocycles. The van der Waals surface area contributed by atoms with E-state index in [-0.39, 0.29) is 17.8 Å². The largest absolute Gasteiger partial charge is 0.486 e. The number of halogens is 1. The minimum Gasteiger partial charge on any atom is -0.486 e. The Hall–Kier alpha value is -3.34. The molecule has 0 heterocycles. The molecule has 1 saturated carbocycles. The molecule has 1 amide bonds. The van der Waals surface area contributed by atoms with Gasteiger partial charge in [-0.05, 0) is 92.6 Å². The highest BCUT2D eigenvalue weighted by molar-refractivity contribution is 5.94. The van der Waals surface area contributed by atoms with E-state index in [4.69, 9.17) is 9.47 Å². The second kappa shape index (κ2) is 8.65. The lowest BCUT2D eigenvalue weighted by Crippen LogP contribution is -2.22. The van der Waals surface area contributed by atoms with Gasteiger partial charge in [0.25, 0.3) is 5.91 Å². The van der Waals surface area contributed by atoms with Gasteiger partial charge in [0.05, 0.1) is 0 Å². The van der Waals surface area contributed by atoms with Crippen molar-refractivity contribution < 1.29 is 18.7 Å². The SMILES string of the molecule is CCNC(=O)c1ccc(Oc2ccc(F)c3c2CCC3Oc2ccc(C3CC3)cc2)cc1. The molecule has 3 aromatic rings. The standard InChI is InChI=1S/C27H26FNO3/c1-2-29-27(30)19-7-11-20(12-8-19)31-24-16-14-23(28)26-22(24)13-15-25(26)32-21-9-5-18(6-10-21)17-3-4-17/h5-12,14,16-17,25H,2-4,13,15H2,1H3,(H,29,30). The van der Waals surface area contributed by atoms with Crippen LogP contribution in [-0.4, -0.2) is 12.5 Å². The van der Waals surface area contributed by atoms with E-state index in [1.807, 2.05) is 19.1 Å². The maximum atomic E-state index is 14.8. The van der Waals surface area contributed by atoms with Crippen LogP contribution in [0.3, 0.4) is 0 Å². The maximum absolute atomic E-state index is 14.8. The Labute approximate surface area is 187 Å². The fourth-order valence-electron chi connectivity index (χ4n) is 4.32. The number of amides is 1. The summed E-state index contributed by atoms with van der Waals surface area (Å²) in [6.07, 6.45) is 3.58. The van der Waals surface area contributed by atoms with Gasteiger partial charge in [-0.15, -0.1) is 0 Å². The normalized spacial score (nSPS) is 17.0. The van der Waals surface area contributed by atoms with E-state index in [0.29, 0.717) is 47.9 Å². The Bertz CT molecular complexity index is 1120. The third-order valence-electron chi connectivity index (χ3n) is 6.13. The Morgan fingerprint density at radius 3 is 2.38 bits per heavy atom. The van der Waals surface area contributed by atoms with Gasteiger partial charge in [0.2, 0.25) is 0 Å². The molecule has 4 nitrogen and oxygen atoms in total. The van der Waals surface area contributed by atoms with E-state index in [9.17, 15) is 9.18 Å². The van der Waals surface area contributed by atoms with Gasteiger partial charge >= 0.3 is 0 Å². The Morgan fingerprint density at radius 2 is 1.69 bits per heavy atom. The number of benzene rings is 3. The predicted octanol–water partition coefficient (Wildman–Crippen LogP) is 6.31. The molecule has 0 aromatic heterocycles. The highest BCUT2D eigenvalue weighted by Gasteiger charge is 2.31. The number of hydrogen-bond donors (Lipinski definition) is 1. The zero-order valence-electron chi connectivity index (χ0n) is 18.1. The van der Waals surface area contributed by atoms with Crippen molar-refractivity contribution in [2.75, 3.05) is 6.54 Å². The zero-order valence-corrected chi connectivity index (χ0v) is 18.1. The molecule has 2 aliphatic carbocycles. The molecular weight excluding hydrogens is 405 g/mol. The first kappa shape index (κ1) is 20.6. The molecule has 5 heteroatoms. The third-order valence-corrected chi connectivity index (χ3v) is 6.13. The average molecular weight is 432 g/mol. The van der Waals surface area contributed by atoms with Gasteiger partial charge in [-0.1, -0.05) is 12.1 Å². The Balaban J connectivity index is 1.33. The zero-order chi connectivity index (χ0) is 22.1. The monoisotopic (exact) mass is 431 g/mol. The van der Waals surface area contributed by atoms with Crippen LogP contribution in [0.5, 0.6) is 17.2 Å². The summed E-state index contributed by atoms with van der Waals surface area (Å²) in [5, 5.41) is 2.77. The summed E-state index contributed by atoms with van der Waals surface area (Å²) in [5.74, 6) is 2.31. The molecule has 1 atom stereocenters. The molecule has 0 spiro atoms. The van der Waals surface area contributed by atoms with Crippen LogP contribution in [0.15, 0.2) is 60.7 Å². The van der Waals surface area contributed by atoms with Crippen molar-refractivity contribution >= 4 is 5.91 Å². The van der Waals surface area contributed by atoms with Gasteiger partial charge in [-0.3, -0.25) is 4.79 Å². The van der Waals surface area contributed by atoms with Gasteiger partial charge in [-0.25, -0.2) is 4.39 Å². The summed E-state index contributed by atoms with van der Waals surface area (Å²) in [6.45, 7) is 2.46. The van der Waals surface area contributed by atoms with Crippen LogP contribution in [0.1, 0.15) is 65.3 Å². The summed E-state index contributed by atoms with van der Waals surface area (Å²) in [7, 11) is 0. The molecular formula is C27H26FNO3. The summed E-state index contributed by atoms with van der Waals surface area (Å²) in [5.41, 5.74) is 3.35. The van der Waals surface area contributed by atoms with Gasteiger partial charge in [0.1, 0.15) is 29.2 Å². The third kappa shape index (κ3) is 4.20. The van der Waals surface area contributed by atoms with Gasteiger partial charge in [-0.2, -0.15) is 0 Å². The smallest absolute Gasteiger partial charge is 0.251 e. The summed E-state index contributed by atoms with van der Waals surface area (Å²) < 4.78 is 27.0. The molecule has 1 fully saturated rings. The Kier molecular flexibility index (Phi) is 5.56. The van der Waals surface area contributed by atoms with Gasteiger partial charge in [0, 0.05) is 23.2 Å². The van der Waals surface area contributed by atoms with E-state index in [0.717, 1.165) is 11.3 Å². The van der Waals surface area contributed by atoms with Crippen molar-refractivity contribution in [3.63, 3.8) is 0 Å². The van der Waals surface area contributed by atoms with Crippen LogP contribution in [0.25, 0.3) is 0 Å². The molecule has 2 aliphatic rings.